The van der Waals surface area contributed by atoms with Crippen molar-refractivity contribution in [2.75, 3.05) is 0 Å². The second-order valence-corrected chi connectivity index (χ2v) is 6.07. The van der Waals surface area contributed by atoms with Crippen LogP contribution in [0.25, 0.3) is 0 Å². The number of hydrogen-bond donors (Lipinski definition) is 1. The molecule has 0 unspecified atom stereocenters. The van der Waals surface area contributed by atoms with Crippen molar-refractivity contribution in [3.05, 3.63) is 65.2 Å². The van der Waals surface area contributed by atoms with Crippen LogP contribution in [0.4, 0.5) is 13.2 Å². The number of benzene rings is 2. The van der Waals surface area contributed by atoms with Gasteiger partial charge in [0.05, 0.1) is 5.56 Å². The number of alkyl halides is 3. The Morgan fingerprint density at radius 1 is 1.12 bits per heavy atom. The van der Waals surface area contributed by atoms with Crippen LogP contribution >= 0.6 is 0 Å². The Bertz CT molecular complexity index is 721. The van der Waals surface area contributed by atoms with E-state index in [1.807, 2.05) is 26.0 Å². The minimum absolute atomic E-state index is 0.162. The van der Waals surface area contributed by atoms with Gasteiger partial charge in [0.25, 0.3) is 0 Å². The van der Waals surface area contributed by atoms with Crippen molar-refractivity contribution in [3.8, 4) is 5.75 Å². The van der Waals surface area contributed by atoms with Gasteiger partial charge in [-0.2, -0.15) is 13.2 Å². The van der Waals surface area contributed by atoms with Crippen LogP contribution in [0.5, 0.6) is 5.75 Å². The first-order valence-corrected chi connectivity index (χ1v) is 7.82. The molecule has 0 heterocycles. The average Bonchev–Trinajstić information content (AvgIpc) is 2.54. The second-order valence-electron chi connectivity index (χ2n) is 6.07. The van der Waals surface area contributed by atoms with Crippen molar-refractivity contribution >= 4 is 5.97 Å². The highest BCUT2D eigenvalue weighted by Gasteiger charge is 2.31. The number of halogens is 3. The topological polar surface area (TPSA) is 46.5 Å². The van der Waals surface area contributed by atoms with Crippen molar-refractivity contribution < 1.29 is 27.8 Å². The highest BCUT2D eigenvalue weighted by Crippen LogP contribution is 2.30. The first kappa shape index (κ1) is 18.8. The first-order valence-electron chi connectivity index (χ1n) is 7.82. The summed E-state index contributed by atoms with van der Waals surface area (Å²) in [7, 11) is 0. The lowest BCUT2D eigenvalue weighted by Crippen LogP contribution is -2.29. The Labute approximate surface area is 144 Å². The second kappa shape index (κ2) is 7.59. The van der Waals surface area contributed by atoms with Crippen LogP contribution in [-0.4, -0.2) is 17.2 Å². The van der Waals surface area contributed by atoms with E-state index < -0.39 is 23.8 Å². The van der Waals surface area contributed by atoms with Crippen LogP contribution in [-0.2, 0) is 17.4 Å². The number of rotatable bonds is 6. The molecule has 25 heavy (non-hydrogen) atoms. The van der Waals surface area contributed by atoms with Gasteiger partial charge in [-0.1, -0.05) is 44.2 Å². The van der Waals surface area contributed by atoms with Crippen molar-refractivity contribution in [2.45, 2.75) is 38.5 Å². The third-order valence-electron chi connectivity index (χ3n) is 3.78. The molecule has 0 fully saturated rings. The maximum atomic E-state index is 12.8. The van der Waals surface area contributed by atoms with Crippen molar-refractivity contribution in [1.29, 1.82) is 0 Å². The van der Waals surface area contributed by atoms with Gasteiger partial charge in [0.15, 0.2) is 6.10 Å². The number of carbonyl (C=O) groups is 1. The molecule has 0 aliphatic rings. The number of carboxylic acids is 1. The molecule has 2 aromatic carbocycles. The van der Waals surface area contributed by atoms with Crippen LogP contribution in [0.15, 0.2) is 48.5 Å². The van der Waals surface area contributed by atoms with Gasteiger partial charge in [-0.05, 0) is 35.2 Å². The molecule has 0 radical (unpaired) electrons. The molecular formula is C19H19F3O3. The molecule has 0 bridgehead atoms. The predicted octanol–water partition coefficient (Wildman–Crippen LogP) is 4.90. The largest absolute Gasteiger partial charge is 0.478 e. The summed E-state index contributed by atoms with van der Waals surface area (Å²) in [5.41, 5.74) is 0.522. The number of aliphatic carboxylic acids is 1. The molecule has 0 aromatic heterocycles. The van der Waals surface area contributed by atoms with Crippen LogP contribution in [0.3, 0.4) is 0 Å². The van der Waals surface area contributed by atoms with E-state index >= 15 is 0 Å². The number of carboxylic acid groups (broad SMARTS) is 1. The first-order chi connectivity index (χ1) is 11.7. The normalized spacial score (nSPS) is 12.9. The average molecular weight is 352 g/mol. The lowest BCUT2D eigenvalue weighted by atomic mass is 10.0. The Morgan fingerprint density at radius 2 is 1.76 bits per heavy atom. The zero-order valence-electron chi connectivity index (χ0n) is 13.9. The van der Waals surface area contributed by atoms with E-state index in [0.29, 0.717) is 11.7 Å². The maximum absolute atomic E-state index is 12.8. The molecule has 0 aliphatic carbocycles. The van der Waals surface area contributed by atoms with Crippen LogP contribution in [0.1, 0.15) is 36.5 Å². The minimum Gasteiger partial charge on any atom is -0.478 e. The van der Waals surface area contributed by atoms with Crippen molar-refractivity contribution in [2.24, 2.45) is 0 Å². The fourth-order valence-electron chi connectivity index (χ4n) is 2.36. The molecule has 2 rings (SSSR count). The minimum atomic E-state index is -4.47. The lowest BCUT2D eigenvalue weighted by Gasteiger charge is -2.17. The van der Waals surface area contributed by atoms with E-state index in [1.165, 1.54) is 12.1 Å². The summed E-state index contributed by atoms with van der Waals surface area (Å²) in [4.78, 5) is 11.4. The fraction of sp³-hybridized carbons (Fsp3) is 0.316. The van der Waals surface area contributed by atoms with Gasteiger partial charge < -0.3 is 9.84 Å². The molecular weight excluding hydrogens is 333 g/mol. The van der Waals surface area contributed by atoms with Crippen LogP contribution in [0.2, 0.25) is 0 Å². The van der Waals surface area contributed by atoms with E-state index in [1.54, 1.807) is 12.1 Å². The molecule has 134 valence electrons. The van der Waals surface area contributed by atoms with Crippen LogP contribution < -0.4 is 4.74 Å². The molecule has 6 heteroatoms. The van der Waals surface area contributed by atoms with Gasteiger partial charge in [-0.15, -0.1) is 0 Å². The summed E-state index contributed by atoms with van der Waals surface area (Å²) in [5.74, 6) is -0.538. The molecule has 2 aromatic rings. The van der Waals surface area contributed by atoms with E-state index in [2.05, 4.69) is 0 Å². The van der Waals surface area contributed by atoms with Crippen molar-refractivity contribution in [3.63, 3.8) is 0 Å². The molecule has 0 saturated carbocycles. The van der Waals surface area contributed by atoms with E-state index in [0.717, 1.165) is 17.7 Å². The molecule has 0 saturated heterocycles. The molecule has 0 aliphatic heterocycles. The molecule has 0 spiro atoms. The highest BCUT2D eigenvalue weighted by molar-refractivity contribution is 5.73. The van der Waals surface area contributed by atoms with Gasteiger partial charge in [0.1, 0.15) is 5.75 Å². The quantitative estimate of drug-likeness (QED) is 0.804. The molecule has 0 amide bonds. The van der Waals surface area contributed by atoms with E-state index in [4.69, 9.17) is 4.74 Å². The third-order valence-corrected chi connectivity index (χ3v) is 3.78. The molecule has 1 atom stereocenters. The zero-order valence-corrected chi connectivity index (χ0v) is 13.9. The smallest absolute Gasteiger partial charge is 0.416 e. The summed E-state index contributed by atoms with van der Waals surface area (Å²) in [5, 5.41) is 9.32. The maximum Gasteiger partial charge on any atom is 0.416 e. The van der Waals surface area contributed by atoms with Gasteiger partial charge in [0, 0.05) is 6.42 Å². The summed E-state index contributed by atoms with van der Waals surface area (Å²) in [6, 6.07) is 11.6. The summed E-state index contributed by atoms with van der Waals surface area (Å²) in [6.07, 6.45) is -5.90. The van der Waals surface area contributed by atoms with Crippen LogP contribution in [0, 0.1) is 0 Å². The van der Waals surface area contributed by atoms with Gasteiger partial charge in [-0.25, -0.2) is 4.79 Å². The number of ether oxygens (including phenoxy) is 1. The number of hydrogen-bond acceptors (Lipinski definition) is 2. The van der Waals surface area contributed by atoms with Gasteiger partial charge in [-0.3, -0.25) is 0 Å². The van der Waals surface area contributed by atoms with Gasteiger partial charge >= 0.3 is 12.1 Å². The Morgan fingerprint density at radius 3 is 2.28 bits per heavy atom. The molecule has 3 nitrogen and oxygen atoms in total. The Kier molecular flexibility index (Phi) is 5.72. The lowest BCUT2D eigenvalue weighted by molar-refractivity contribution is -0.145. The fourth-order valence-corrected chi connectivity index (χ4v) is 2.36. The summed E-state index contributed by atoms with van der Waals surface area (Å²) >= 11 is 0. The van der Waals surface area contributed by atoms with E-state index in [9.17, 15) is 23.1 Å². The SMILES string of the molecule is CC(C)c1ccc(O[C@@H](Cc2cccc(C(F)(F)F)c2)C(=O)O)cc1. The highest BCUT2D eigenvalue weighted by atomic mass is 19.4. The zero-order chi connectivity index (χ0) is 18.6. The monoisotopic (exact) mass is 352 g/mol. The third kappa shape index (κ3) is 5.24. The van der Waals surface area contributed by atoms with E-state index in [-0.39, 0.29) is 12.0 Å². The standard InChI is InChI=1S/C19H19F3O3/c1-12(2)14-6-8-16(9-7-14)25-17(18(23)24)11-13-4-3-5-15(10-13)19(20,21)22/h3-10,12,17H,11H2,1-2H3,(H,23,24)/t17-/m0/s1. The van der Waals surface area contributed by atoms with Gasteiger partial charge in [0.2, 0.25) is 0 Å². The Balaban J connectivity index is 2.15. The summed E-state index contributed by atoms with van der Waals surface area (Å²) in [6.45, 7) is 4.06. The Hall–Kier alpha value is -2.50. The predicted molar refractivity (Wildman–Crippen MR) is 87.7 cm³/mol. The van der Waals surface area contributed by atoms with Crippen molar-refractivity contribution in [1.82, 2.24) is 0 Å². The molecule has 1 N–H and O–H groups in total. The summed E-state index contributed by atoms with van der Waals surface area (Å²) < 4.78 is 43.8.